The third-order valence-corrected chi connectivity index (χ3v) is 11.1. The molecule has 55 heavy (non-hydrogen) atoms. The lowest BCUT2D eigenvalue weighted by atomic mass is 9.96. The molecule has 0 unspecified atom stereocenters. The Morgan fingerprint density at radius 3 is 1.55 bits per heavy atom. The lowest BCUT2D eigenvalue weighted by molar-refractivity contribution is 0.0692. The SMILES string of the molecule is Cc1cccc(Oc2ccc(S(=O)(=O)c3ccc(Oc4cccc(N5C(=O)c6ccc(C(=O)c7ccc8c(c7)C(=O)N(C)C8=O)cc6C5=O)c4)cc3)cc2)c1. The van der Waals surface area contributed by atoms with Crippen molar-refractivity contribution in [2.24, 2.45) is 0 Å². The monoisotopic (exact) mass is 748 g/mol. The predicted octanol–water partition coefficient (Wildman–Crippen LogP) is 7.67. The third kappa shape index (κ3) is 6.24. The van der Waals surface area contributed by atoms with Crippen molar-refractivity contribution in [3.63, 3.8) is 0 Å². The Morgan fingerprint density at radius 1 is 0.509 bits per heavy atom. The standard InChI is InChI=1S/C43H28N2O9S/c1-25-5-3-7-31(21-25)53-29-11-15-33(16-12-29)55(51,52)34-17-13-30(14-18-34)54-32-8-4-6-28(24-32)45-42(49)36-20-10-27(23-38(36)43(45)50)39(46)26-9-19-35-37(22-26)41(48)44(2)40(35)47/h3-24H,1-2H3. The molecule has 0 aliphatic carbocycles. The molecule has 0 atom stereocenters. The summed E-state index contributed by atoms with van der Waals surface area (Å²) in [6, 6.07) is 34.2. The van der Waals surface area contributed by atoms with Crippen LogP contribution in [-0.2, 0) is 9.84 Å². The van der Waals surface area contributed by atoms with Gasteiger partial charge in [0.05, 0.1) is 37.7 Å². The number of hydrogen-bond donors (Lipinski definition) is 0. The Hall–Kier alpha value is -7.18. The summed E-state index contributed by atoms with van der Waals surface area (Å²) >= 11 is 0. The van der Waals surface area contributed by atoms with Crippen molar-refractivity contribution in [3.8, 4) is 23.0 Å². The summed E-state index contributed by atoms with van der Waals surface area (Å²) in [5, 5.41) is 0. The van der Waals surface area contributed by atoms with E-state index in [-0.39, 0.29) is 54.6 Å². The van der Waals surface area contributed by atoms with E-state index in [1.54, 1.807) is 30.3 Å². The van der Waals surface area contributed by atoms with Crippen LogP contribution < -0.4 is 14.4 Å². The molecule has 2 aliphatic heterocycles. The van der Waals surface area contributed by atoms with E-state index in [9.17, 15) is 32.4 Å². The summed E-state index contributed by atoms with van der Waals surface area (Å²) < 4.78 is 38.6. The van der Waals surface area contributed by atoms with Gasteiger partial charge in [-0.05, 0) is 110 Å². The molecule has 8 rings (SSSR count). The normalized spacial score (nSPS) is 13.6. The van der Waals surface area contributed by atoms with Crippen molar-refractivity contribution in [2.75, 3.05) is 11.9 Å². The van der Waals surface area contributed by atoms with Crippen LogP contribution in [0.15, 0.2) is 143 Å². The minimum Gasteiger partial charge on any atom is -0.457 e. The summed E-state index contributed by atoms with van der Waals surface area (Å²) in [6.07, 6.45) is 0. The third-order valence-electron chi connectivity index (χ3n) is 9.31. The van der Waals surface area contributed by atoms with Crippen molar-refractivity contribution in [1.29, 1.82) is 0 Å². The highest BCUT2D eigenvalue weighted by Gasteiger charge is 2.38. The number of ketones is 1. The molecule has 6 aromatic rings. The molecule has 0 fully saturated rings. The number of imide groups is 2. The molecular weight excluding hydrogens is 721 g/mol. The largest absolute Gasteiger partial charge is 0.457 e. The fraction of sp³-hybridized carbons (Fsp3) is 0.0465. The van der Waals surface area contributed by atoms with E-state index in [4.69, 9.17) is 9.47 Å². The van der Waals surface area contributed by atoms with E-state index in [1.807, 2.05) is 31.2 Å². The van der Waals surface area contributed by atoms with Crippen molar-refractivity contribution < 1.29 is 41.9 Å². The van der Waals surface area contributed by atoms with Gasteiger partial charge in [-0.25, -0.2) is 13.3 Å². The van der Waals surface area contributed by atoms with Crippen LogP contribution in [0.1, 0.15) is 62.9 Å². The van der Waals surface area contributed by atoms with E-state index in [1.165, 1.54) is 85.9 Å². The van der Waals surface area contributed by atoms with Gasteiger partial charge >= 0.3 is 0 Å². The van der Waals surface area contributed by atoms with Gasteiger partial charge in [0.1, 0.15) is 23.0 Å². The number of anilines is 1. The minimum atomic E-state index is -3.86. The van der Waals surface area contributed by atoms with E-state index in [2.05, 4.69) is 0 Å². The fourth-order valence-corrected chi connectivity index (χ4v) is 7.69. The molecule has 270 valence electrons. The molecule has 2 heterocycles. The maximum Gasteiger partial charge on any atom is 0.266 e. The van der Waals surface area contributed by atoms with Gasteiger partial charge < -0.3 is 9.47 Å². The molecule has 12 heteroatoms. The van der Waals surface area contributed by atoms with Crippen LogP contribution in [-0.4, -0.2) is 49.8 Å². The average molecular weight is 749 g/mol. The number of nitrogens with zero attached hydrogens (tertiary/aromatic N) is 2. The molecule has 4 amide bonds. The van der Waals surface area contributed by atoms with Gasteiger partial charge in [0.25, 0.3) is 23.6 Å². The quantitative estimate of drug-likeness (QED) is 0.107. The molecule has 0 bridgehead atoms. The number of rotatable bonds is 9. The first-order chi connectivity index (χ1) is 26.4. The minimum absolute atomic E-state index is 0.0274. The Bertz CT molecular complexity index is 2740. The van der Waals surface area contributed by atoms with Gasteiger partial charge in [-0.3, -0.25) is 28.9 Å². The van der Waals surface area contributed by atoms with Crippen LogP contribution in [0.3, 0.4) is 0 Å². The second-order valence-electron chi connectivity index (χ2n) is 12.9. The molecule has 0 saturated heterocycles. The van der Waals surface area contributed by atoms with Crippen molar-refractivity contribution in [1.82, 2.24) is 4.90 Å². The summed E-state index contributed by atoms with van der Waals surface area (Å²) in [4.78, 5) is 67.3. The van der Waals surface area contributed by atoms with E-state index >= 15 is 0 Å². The van der Waals surface area contributed by atoms with Gasteiger partial charge in [-0.15, -0.1) is 0 Å². The highest BCUT2D eigenvalue weighted by molar-refractivity contribution is 7.91. The highest BCUT2D eigenvalue weighted by atomic mass is 32.2. The van der Waals surface area contributed by atoms with Gasteiger partial charge in [0, 0.05) is 24.2 Å². The van der Waals surface area contributed by atoms with Crippen LogP contribution in [0.25, 0.3) is 0 Å². The van der Waals surface area contributed by atoms with Gasteiger partial charge in [-0.2, -0.15) is 0 Å². The highest BCUT2D eigenvalue weighted by Crippen LogP contribution is 2.34. The summed E-state index contributed by atoms with van der Waals surface area (Å²) in [5.74, 6) is -0.970. The maximum absolute atomic E-state index is 13.6. The second kappa shape index (κ2) is 13.3. The van der Waals surface area contributed by atoms with E-state index < -0.39 is 39.2 Å². The van der Waals surface area contributed by atoms with Crippen molar-refractivity contribution in [3.05, 3.63) is 172 Å². The van der Waals surface area contributed by atoms with Gasteiger partial charge in [0.15, 0.2) is 5.78 Å². The first-order valence-electron chi connectivity index (χ1n) is 16.9. The molecule has 11 nitrogen and oxygen atoms in total. The predicted molar refractivity (Wildman–Crippen MR) is 200 cm³/mol. The van der Waals surface area contributed by atoms with E-state index in [0.29, 0.717) is 17.2 Å². The number of sulfone groups is 1. The smallest absolute Gasteiger partial charge is 0.266 e. The Kier molecular flexibility index (Phi) is 8.46. The molecule has 0 saturated carbocycles. The van der Waals surface area contributed by atoms with Gasteiger partial charge in [-0.1, -0.05) is 30.3 Å². The van der Waals surface area contributed by atoms with Gasteiger partial charge in [0.2, 0.25) is 9.84 Å². The Morgan fingerprint density at radius 2 is 0.982 bits per heavy atom. The van der Waals surface area contributed by atoms with Crippen LogP contribution in [0, 0.1) is 6.92 Å². The molecule has 0 aromatic heterocycles. The zero-order chi connectivity index (χ0) is 38.6. The first-order valence-corrected chi connectivity index (χ1v) is 18.4. The number of fused-ring (bicyclic) bond motifs is 2. The molecular formula is C43H28N2O9S. The number of aryl methyl sites for hydroxylation is 1. The number of amides is 4. The Labute approximate surface area is 314 Å². The number of ether oxygens (including phenoxy) is 2. The zero-order valence-electron chi connectivity index (χ0n) is 29.2. The van der Waals surface area contributed by atoms with Crippen LogP contribution in [0.2, 0.25) is 0 Å². The number of carbonyl (C=O) groups is 5. The first kappa shape index (κ1) is 34.9. The van der Waals surface area contributed by atoms with Crippen molar-refractivity contribution >= 4 is 44.9 Å². The van der Waals surface area contributed by atoms with E-state index in [0.717, 1.165) is 15.4 Å². The average Bonchev–Trinajstić information content (AvgIpc) is 3.57. The topological polar surface area (TPSA) is 144 Å². The Balaban J connectivity index is 0.963. The van der Waals surface area contributed by atoms with Crippen LogP contribution in [0.4, 0.5) is 5.69 Å². The fourth-order valence-electron chi connectivity index (χ4n) is 6.43. The summed E-state index contributed by atoms with van der Waals surface area (Å²) in [7, 11) is -2.49. The lowest BCUT2D eigenvalue weighted by Crippen LogP contribution is -2.29. The summed E-state index contributed by atoms with van der Waals surface area (Å²) in [6.45, 7) is 1.95. The van der Waals surface area contributed by atoms with Crippen LogP contribution in [0.5, 0.6) is 23.0 Å². The number of benzene rings is 6. The number of hydrogen-bond acceptors (Lipinski definition) is 9. The van der Waals surface area contributed by atoms with Crippen molar-refractivity contribution in [2.45, 2.75) is 16.7 Å². The number of carbonyl (C=O) groups excluding carboxylic acids is 5. The molecule has 2 aliphatic rings. The molecule has 0 spiro atoms. The zero-order valence-corrected chi connectivity index (χ0v) is 30.0. The second-order valence-corrected chi connectivity index (χ2v) is 14.9. The molecule has 0 radical (unpaired) electrons. The van der Waals surface area contributed by atoms with Crippen LogP contribution >= 0.6 is 0 Å². The maximum atomic E-state index is 13.6. The molecule has 0 N–H and O–H groups in total. The molecule has 6 aromatic carbocycles. The lowest BCUT2D eigenvalue weighted by Gasteiger charge is -2.15. The summed E-state index contributed by atoms with van der Waals surface area (Å²) in [5.41, 5.74) is 1.98.